The first kappa shape index (κ1) is 24.1. The lowest BCUT2D eigenvalue weighted by Crippen LogP contribution is -2.27. The monoisotopic (exact) mass is 482 g/mol. The molecule has 0 unspecified atom stereocenters. The molecule has 0 amide bonds. The minimum Gasteiger partial charge on any atom is -0.327 e. The molecule has 2 aromatic carbocycles. The van der Waals surface area contributed by atoms with Crippen LogP contribution in [0, 0.1) is 0 Å². The second kappa shape index (κ2) is 9.65. The van der Waals surface area contributed by atoms with E-state index in [1.165, 1.54) is 18.4 Å². The largest absolute Gasteiger partial charge is 0.327 e. The number of H-pyrrole nitrogens is 1. The second-order valence-electron chi connectivity index (χ2n) is 8.45. The van der Waals surface area contributed by atoms with Gasteiger partial charge in [-0.25, -0.2) is 22.7 Å². The zero-order valence-corrected chi connectivity index (χ0v) is 20.8. The maximum Gasteiger partial charge on any atom is 0.258 e. The summed E-state index contributed by atoms with van der Waals surface area (Å²) in [6.07, 6.45) is 0.919. The number of para-hydroxylation sites is 1. The third-order valence-electron chi connectivity index (χ3n) is 5.87. The molecule has 0 aliphatic rings. The zero-order chi connectivity index (χ0) is 24.5. The van der Waals surface area contributed by atoms with E-state index in [1.54, 1.807) is 18.2 Å². The van der Waals surface area contributed by atoms with Crippen LogP contribution in [0.5, 0.6) is 0 Å². The lowest BCUT2D eigenvalue weighted by molar-refractivity contribution is 0.254. The van der Waals surface area contributed by atoms with Crippen molar-refractivity contribution in [1.29, 1.82) is 0 Å². The highest BCUT2D eigenvalue weighted by atomic mass is 32.2. The van der Waals surface area contributed by atoms with Gasteiger partial charge in [0.05, 0.1) is 39.9 Å². The van der Waals surface area contributed by atoms with Crippen molar-refractivity contribution < 1.29 is 8.42 Å². The number of nitrogens with zero attached hydrogens (tertiary/aromatic N) is 5. The molecule has 0 fully saturated rings. The number of rotatable bonds is 9. The Balaban J connectivity index is 1.67. The molecule has 0 radical (unpaired) electrons. The highest BCUT2D eigenvalue weighted by Gasteiger charge is 2.20. The fourth-order valence-corrected chi connectivity index (χ4v) is 4.95. The number of sulfonamides is 1. The molecule has 180 valence electrons. The van der Waals surface area contributed by atoms with Gasteiger partial charge in [-0.2, -0.15) is 0 Å². The maximum atomic E-state index is 12.6. The molecular weight excluding hydrogens is 452 g/mol. The van der Waals surface area contributed by atoms with Gasteiger partial charge in [0.15, 0.2) is 0 Å². The predicted molar refractivity (Wildman–Crippen MR) is 133 cm³/mol. The van der Waals surface area contributed by atoms with Gasteiger partial charge >= 0.3 is 0 Å². The van der Waals surface area contributed by atoms with Crippen molar-refractivity contribution in [3.8, 4) is 0 Å². The number of imidazole rings is 1. The molecule has 2 heterocycles. The van der Waals surface area contributed by atoms with Gasteiger partial charge in [-0.05, 0) is 43.3 Å². The van der Waals surface area contributed by atoms with Crippen LogP contribution in [-0.2, 0) is 29.7 Å². The summed E-state index contributed by atoms with van der Waals surface area (Å²) < 4.78 is 28.5. The van der Waals surface area contributed by atoms with Crippen LogP contribution in [0.1, 0.15) is 31.9 Å². The van der Waals surface area contributed by atoms with Crippen LogP contribution >= 0.6 is 0 Å². The second-order valence-corrected chi connectivity index (χ2v) is 10.6. The highest BCUT2D eigenvalue weighted by Crippen LogP contribution is 2.23. The topological polar surface area (TPSA) is 104 Å². The van der Waals surface area contributed by atoms with Gasteiger partial charge in [-0.15, -0.1) is 0 Å². The number of aromatic amines is 1. The van der Waals surface area contributed by atoms with Gasteiger partial charge in [0.1, 0.15) is 11.6 Å². The first-order valence-corrected chi connectivity index (χ1v) is 12.8. The molecule has 0 spiro atoms. The molecule has 34 heavy (non-hydrogen) atoms. The lowest BCUT2D eigenvalue weighted by atomic mass is 10.2. The van der Waals surface area contributed by atoms with Crippen molar-refractivity contribution in [3.63, 3.8) is 0 Å². The van der Waals surface area contributed by atoms with Crippen LogP contribution in [0.25, 0.3) is 21.9 Å². The summed E-state index contributed by atoms with van der Waals surface area (Å²) >= 11 is 0. The van der Waals surface area contributed by atoms with E-state index in [-0.39, 0.29) is 10.5 Å². The van der Waals surface area contributed by atoms with Crippen molar-refractivity contribution in [2.45, 2.75) is 44.8 Å². The summed E-state index contributed by atoms with van der Waals surface area (Å²) in [5.74, 6) is 1.45. The molecule has 9 nitrogen and oxygen atoms in total. The third kappa shape index (κ3) is 4.61. The van der Waals surface area contributed by atoms with E-state index in [4.69, 9.17) is 4.98 Å². The summed E-state index contributed by atoms with van der Waals surface area (Å²) in [6.45, 7) is 6.65. The highest BCUT2D eigenvalue weighted by molar-refractivity contribution is 7.89. The standard InChI is InChI=1S/C24H30N6O3S/c1-5-13-30-21-12-11-17(34(32,33)28(3)4)14-20(21)26-23(30)16-29(6-2)15-22-25-19-10-8-7-9-18(19)24(31)27-22/h7-12,14H,5-6,13,15-16H2,1-4H3,(H,25,27,31). The zero-order valence-electron chi connectivity index (χ0n) is 19.9. The van der Waals surface area contributed by atoms with Gasteiger partial charge < -0.3 is 9.55 Å². The van der Waals surface area contributed by atoms with Gasteiger partial charge in [0, 0.05) is 20.6 Å². The Morgan fingerprint density at radius 3 is 2.47 bits per heavy atom. The van der Waals surface area contributed by atoms with E-state index in [1.807, 2.05) is 31.2 Å². The van der Waals surface area contributed by atoms with Crippen LogP contribution < -0.4 is 5.56 Å². The van der Waals surface area contributed by atoms with Crippen LogP contribution in [0.15, 0.2) is 52.2 Å². The van der Waals surface area contributed by atoms with E-state index < -0.39 is 10.0 Å². The van der Waals surface area contributed by atoms with E-state index in [2.05, 4.69) is 26.4 Å². The van der Waals surface area contributed by atoms with Crippen molar-refractivity contribution in [3.05, 3.63) is 64.5 Å². The molecule has 4 rings (SSSR count). The van der Waals surface area contributed by atoms with Crippen molar-refractivity contribution in [2.24, 2.45) is 0 Å². The lowest BCUT2D eigenvalue weighted by Gasteiger charge is -2.20. The first-order chi connectivity index (χ1) is 16.2. The normalized spacial score (nSPS) is 12.4. The molecule has 0 saturated heterocycles. The summed E-state index contributed by atoms with van der Waals surface area (Å²) in [6, 6.07) is 12.4. The first-order valence-electron chi connectivity index (χ1n) is 11.4. The molecule has 0 aliphatic heterocycles. The Bertz CT molecular complexity index is 1490. The Hall–Kier alpha value is -3.08. The number of aromatic nitrogens is 4. The molecule has 10 heteroatoms. The minimum absolute atomic E-state index is 0.149. The summed E-state index contributed by atoms with van der Waals surface area (Å²) in [7, 11) is -0.506. The summed E-state index contributed by atoms with van der Waals surface area (Å²) in [5.41, 5.74) is 2.08. The molecule has 0 aliphatic carbocycles. The summed E-state index contributed by atoms with van der Waals surface area (Å²) in [5, 5.41) is 0.572. The number of nitrogens with one attached hydrogen (secondary N) is 1. The van der Waals surface area contributed by atoms with Gasteiger partial charge in [0.2, 0.25) is 10.0 Å². The number of fused-ring (bicyclic) bond motifs is 2. The Morgan fingerprint density at radius 1 is 1.00 bits per heavy atom. The van der Waals surface area contributed by atoms with Crippen LogP contribution in [0.2, 0.25) is 0 Å². The van der Waals surface area contributed by atoms with Crippen molar-refractivity contribution in [1.82, 2.24) is 28.7 Å². The molecular formula is C24H30N6O3S. The van der Waals surface area contributed by atoms with Gasteiger partial charge in [0.25, 0.3) is 5.56 Å². The van der Waals surface area contributed by atoms with Gasteiger partial charge in [-0.1, -0.05) is 26.0 Å². The predicted octanol–water partition coefficient (Wildman–Crippen LogP) is 2.96. The van der Waals surface area contributed by atoms with E-state index >= 15 is 0 Å². The van der Waals surface area contributed by atoms with Gasteiger partial charge in [-0.3, -0.25) is 9.69 Å². The van der Waals surface area contributed by atoms with E-state index in [0.717, 1.165) is 30.9 Å². The van der Waals surface area contributed by atoms with Crippen LogP contribution in [0.4, 0.5) is 0 Å². The molecule has 0 saturated carbocycles. The van der Waals surface area contributed by atoms with Crippen LogP contribution in [-0.4, -0.2) is 57.8 Å². The fourth-order valence-electron chi connectivity index (χ4n) is 4.03. The number of aryl methyl sites for hydroxylation is 1. The molecule has 4 aromatic rings. The average Bonchev–Trinajstić information content (AvgIpc) is 3.15. The Labute approximate surface area is 199 Å². The number of benzene rings is 2. The molecule has 0 atom stereocenters. The SMILES string of the molecule is CCCn1c(CN(CC)Cc2nc3ccccc3c(=O)[nH]2)nc2cc(S(=O)(=O)N(C)C)ccc21. The third-order valence-corrected chi connectivity index (χ3v) is 7.68. The van der Waals surface area contributed by atoms with E-state index in [9.17, 15) is 13.2 Å². The van der Waals surface area contributed by atoms with E-state index in [0.29, 0.717) is 35.3 Å². The number of hydrogen-bond acceptors (Lipinski definition) is 6. The molecule has 2 aromatic heterocycles. The average molecular weight is 483 g/mol. The van der Waals surface area contributed by atoms with Crippen molar-refractivity contribution >= 4 is 32.0 Å². The quantitative estimate of drug-likeness (QED) is 0.393. The molecule has 0 bridgehead atoms. The minimum atomic E-state index is -3.54. The van der Waals surface area contributed by atoms with Crippen LogP contribution in [0.3, 0.4) is 0 Å². The summed E-state index contributed by atoms with van der Waals surface area (Å²) in [4.78, 5) is 27.2. The fraction of sp³-hybridized carbons (Fsp3) is 0.375. The smallest absolute Gasteiger partial charge is 0.258 e. The van der Waals surface area contributed by atoms with Crippen molar-refractivity contribution in [2.75, 3.05) is 20.6 Å². The maximum absolute atomic E-state index is 12.6. The number of hydrogen-bond donors (Lipinski definition) is 1. The Morgan fingerprint density at radius 2 is 1.76 bits per heavy atom. The Kier molecular flexibility index (Phi) is 6.83. The molecule has 1 N–H and O–H groups in total.